The maximum Gasteiger partial charge on any atom is 0.418 e. The molecule has 3 aromatic rings. The fourth-order valence-electron chi connectivity index (χ4n) is 3.52. The van der Waals surface area contributed by atoms with Crippen molar-refractivity contribution < 1.29 is 31.1 Å². The molecule has 3 aromatic carbocycles. The van der Waals surface area contributed by atoms with Gasteiger partial charge in [0.25, 0.3) is 5.91 Å². The average Bonchev–Trinajstić information content (AvgIpc) is 2.78. The third kappa shape index (κ3) is 4.95. The number of sulfonamides is 1. The number of ether oxygens (including phenoxy) is 1. The molecule has 1 amide bonds. The predicted molar refractivity (Wildman–Crippen MR) is 117 cm³/mol. The van der Waals surface area contributed by atoms with Gasteiger partial charge in [0.2, 0.25) is 10.0 Å². The lowest BCUT2D eigenvalue weighted by Crippen LogP contribution is -2.49. The van der Waals surface area contributed by atoms with E-state index in [0.29, 0.717) is 5.56 Å². The molecular formula is C23H19F3N2O4S. The maximum atomic E-state index is 13.3. The van der Waals surface area contributed by atoms with Gasteiger partial charge in [0.05, 0.1) is 29.2 Å². The van der Waals surface area contributed by atoms with Crippen LogP contribution in [0.2, 0.25) is 0 Å². The SMILES string of the molecule is O=C(Nc1ccccc1C(F)(F)F)[C@H]1CN(S(=O)(=O)Cc2ccccc2)c2ccccc2O1. The summed E-state index contributed by atoms with van der Waals surface area (Å²) in [5.41, 5.74) is -0.631. The van der Waals surface area contributed by atoms with Gasteiger partial charge < -0.3 is 10.1 Å². The van der Waals surface area contributed by atoms with Gasteiger partial charge in [-0.05, 0) is 29.8 Å². The number of amides is 1. The van der Waals surface area contributed by atoms with E-state index >= 15 is 0 Å². The first-order valence-corrected chi connectivity index (χ1v) is 11.5. The molecule has 1 aliphatic rings. The zero-order chi connectivity index (χ0) is 23.6. The Hall–Kier alpha value is -3.53. The van der Waals surface area contributed by atoms with Crippen LogP contribution in [0.15, 0.2) is 78.9 Å². The quantitative estimate of drug-likeness (QED) is 0.591. The van der Waals surface area contributed by atoms with Crippen LogP contribution in [0.5, 0.6) is 5.75 Å². The van der Waals surface area contributed by atoms with Gasteiger partial charge in [0.15, 0.2) is 6.10 Å². The van der Waals surface area contributed by atoms with Gasteiger partial charge in [0.1, 0.15) is 5.75 Å². The van der Waals surface area contributed by atoms with Crippen LogP contribution >= 0.6 is 0 Å². The highest BCUT2D eigenvalue weighted by Crippen LogP contribution is 2.37. The Balaban J connectivity index is 1.62. The smallest absolute Gasteiger partial charge is 0.418 e. The predicted octanol–water partition coefficient (Wildman–Crippen LogP) is 4.44. The Morgan fingerprint density at radius 3 is 2.33 bits per heavy atom. The molecule has 0 saturated heterocycles. The van der Waals surface area contributed by atoms with Crippen LogP contribution < -0.4 is 14.4 Å². The van der Waals surface area contributed by atoms with Crippen molar-refractivity contribution >= 4 is 27.3 Å². The highest BCUT2D eigenvalue weighted by molar-refractivity contribution is 7.92. The number of hydrogen-bond acceptors (Lipinski definition) is 4. The molecule has 172 valence electrons. The molecule has 1 atom stereocenters. The number of carbonyl (C=O) groups excluding carboxylic acids is 1. The summed E-state index contributed by atoms with van der Waals surface area (Å²) in [6.07, 6.45) is -6.03. The average molecular weight is 476 g/mol. The minimum absolute atomic E-state index is 0.143. The van der Waals surface area contributed by atoms with Gasteiger partial charge in [-0.15, -0.1) is 0 Å². The molecule has 1 N–H and O–H groups in total. The number of nitrogens with one attached hydrogen (secondary N) is 1. The minimum atomic E-state index is -4.67. The van der Waals surface area contributed by atoms with E-state index in [-0.39, 0.29) is 23.7 Å². The summed E-state index contributed by atoms with van der Waals surface area (Å²) in [4.78, 5) is 12.9. The van der Waals surface area contributed by atoms with E-state index in [1.165, 1.54) is 18.2 Å². The number of rotatable bonds is 5. The number of alkyl halides is 3. The Bertz CT molecular complexity index is 1260. The van der Waals surface area contributed by atoms with Crippen LogP contribution in [0.1, 0.15) is 11.1 Å². The normalized spacial score (nSPS) is 16.0. The molecule has 4 rings (SSSR count). The molecule has 0 aromatic heterocycles. The molecule has 0 spiro atoms. The first-order valence-electron chi connectivity index (χ1n) is 9.92. The lowest BCUT2D eigenvalue weighted by molar-refractivity contribution is -0.137. The molecule has 0 bridgehead atoms. The van der Waals surface area contributed by atoms with Crippen molar-refractivity contribution in [2.45, 2.75) is 18.0 Å². The summed E-state index contributed by atoms with van der Waals surface area (Å²) >= 11 is 0. The van der Waals surface area contributed by atoms with Gasteiger partial charge in [-0.1, -0.05) is 54.6 Å². The summed E-state index contributed by atoms with van der Waals surface area (Å²) in [5, 5.41) is 2.23. The van der Waals surface area contributed by atoms with Crippen molar-refractivity contribution in [3.63, 3.8) is 0 Å². The molecule has 0 radical (unpaired) electrons. The van der Waals surface area contributed by atoms with Crippen molar-refractivity contribution in [2.24, 2.45) is 0 Å². The van der Waals surface area contributed by atoms with Crippen LogP contribution in [0.3, 0.4) is 0 Å². The van der Waals surface area contributed by atoms with E-state index < -0.39 is 39.5 Å². The molecule has 1 aliphatic heterocycles. The molecule has 0 fully saturated rings. The fourth-order valence-corrected chi connectivity index (χ4v) is 5.10. The maximum absolute atomic E-state index is 13.3. The highest BCUT2D eigenvalue weighted by atomic mass is 32.2. The first-order chi connectivity index (χ1) is 15.6. The van der Waals surface area contributed by atoms with Gasteiger partial charge in [-0.3, -0.25) is 9.10 Å². The number of hydrogen-bond donors (Lipinski definition) is 1. The van der Waals surface area contributed by atoms with E-state index in [0.717, 1.165) is 16.4 Å². The van der Waals surface area contributed by atoms with Gasteiger partial charge >= 0.3 is 6.18 Å². The van der Waals surface area contributed by atoms with Gasteiger partial charge in [0, 0.05) is 0 Å². The number of carbonyl (C=O) groups is 1. The Morgan fingerprint density at radius 2 is 1.61 bits per heavy atom. The number of benzene rings is 3. The van der Waals surface area contributed by atoms with E-state index in [9.17, 15) is 26.4 Å². The van der Waals surface area contributed by atoms with Crippen molar-refractivity contribution in [3.05, 3.63) is 90.0 Å². The number of para-hydroxylation sites is 3. The van der Waals surface area contributed by atoms with E-state index in [4.69, 9.17) is 4.74 Å². The minimum Gasteiger partial charge on any atom is -0.476 e. The molecular weight excluding hydrogens is 457 g/mol. The number of fused-ring (bicyclic) bond motifs is 1. The molecule has 10 heteroatoms. The van der Waals surface area contributed by atoms with E-state index in [1.54, 1.807) is 48.5 Å². The Morgan fingerprint density at radius 1 is 0.970 bits per heavy atom. The molecule has 0 aliphatic carbocycles. The highest BCUT2D eigenvalue weighted by Gasteiger charge is 2.38. The molecule has 33 heavy (non-hydrogen) atoms. The van der Waals surface area contributed by atoms with Gasteiger partial charge in [-0.2, -0.15) is 13.2 Å². The van der Waals surface area contributed by atoms with Gasteiger partial charge in [-0.25, -0.2) is 8.42 Å². The van der Waals surface area contributed by atoms with Crippen LogP contribution in [0.25, 0.3) is 0 Å². The number of anilines is 2. The van der Waals surface area contributed by atoms with Crippen molar-refractivity contribution in [3.8, 4) is 5.75 Å². The van der Waals surface area contributed by atoms with Crippen molar-refractivity contribution in [2.75, 3.05) is 16.2 Å². The van der Waals surface area contributed by atoms with Crippen LogP contribution in [-0.2, 0) is 26.7 Å². The number of halogens is 3. The zero-order valence-corrected chi connectivity index (χ0v) is 17.9. The Kier molecular flexibility index (Phi) is 6.03. The van der Waals surface area contributed by atoms with Crippen molar-refractivity contribution in [1.29, 1.82) is 0 Å². The van der Waals surface area contributed by atoms with Crippen molar-refractivity contribution in [1.82, 2.24) is 0 Å². The fraction of sp³-hybridized carbons (Fsp3) is 0.174. The summed E-state index contributed by atoms with van der Waals surface area (Å²) < 4.78 is 73.1. The monoisotopic (exact) mass is 476 g/mol. The third-order valence-electron chi connectivity index (χ3n) is 5.05. The zero-order valence-electron chi connectivity index (χ0n) is 17.1. The van der Waals surface area contributed by atoms with E-state index in [1.807, 2.05) is 0 Å². The summed E-state index contributed by atoms with van der Waals surface area (Å²) in [7, 11) is -3.93. The lowest BCUT2D eigenvalue weighted by atomic mass is 10.1. The summed E-state index contributed by atoms with van der Waals surface area (Å²) in [5.74, 6) is -1.06. The second-order valence-electron chi connectivity index (χ2n) is 7.38. The second kappa shape index (κ2) is 8.78. The summed E-state index contributed by atoms with van der Waals surface area (Å²) in [6, 6.07) is 19.4. The topological polar surface area (TPSA) is 75.7 Å². The first kappa shape index (κ1) is 22.7. The molecule has 0 unspecified atom stereocenters. The van der Waals surface area contributed by atoms with E-state index in [2.05, 4.69) is 5.32 Å². The van der Waals surface area contributed by atoms with Crippen LogP contribution in [-0.4, -0.2) is 27.0 Å². The second-order valence-corrected chi connectivity index (χ2v) is 9.27. The summed E-state index contributed by atoms with van der Waals surface area (Å²) in [6.45, 7) is -0.383. The molecule has 1 heterocycles. The lowest BCUT2D eigenvalue weighted by Gasteiger charge is -2.34. The van der Waals surface area contributed by atoms with Crippen LogP contribution in [0, 0.1) is 0 Å². The Labute approximate surface area is 188 Å². The van der Waals surface area contributed by atoms with Crippen LogP contribution in [0.4, 0.5) is 24.5 Å². The standard InChI is InChI=1S/C23H19F3N2O4S/c24-23(25,26)17-10-4-5-11-18(17)27-22(29)21-14-28(19-12-6-7-13-20(19)32-21)33(30,31)15-16-8-2-1-3-9-16/h1-13,21H,14-15H2,(H,27,29)/t21-/m1/s1. The third-order valence-corrected chi connectivity index (χ3v) is 6.76. The molecule has 0 saturated carbocycles. The molecule has 6 nitrogen and oxygen atoms in total. The number of nitrogens with zero attached hydrogens (tertiary/aromatic N) is 1. The largest absolute Gasteiger partial charge is 0.476 e.